The van der Waals surface area contributed by atoms with Crippen LogP contribution < -0.4 is 0 Å². The molecule has 3 N–H and O–H groups in total. The summed E-state index contributed by atoms with van der Waals surface area (Å²) in [7, 11) is -2.05. The summed E-state index contributed by atoms with van der Waals surface area (Å²) in [5, 5.41) is 32.6. The quantitative estimate of drug-likeness (QED) is 0.583. The second-order valence-electron chi connectivity index (χ2n) is 10.4. The molecule has 152 valence electrons. The van der Waals surface area contributed by atoms with Crippen molar-refractivity contribution in [2.45, 2.75) is 102 Å². The molecule has 0 amide bonds. The highest BCUT2D eigenvalue weighted by atomic mass is 28.4. The van der Waals surface area contributed by atoms with Gasteiger partial charge in [0.2, 0.25) is 0 Å². The molecule has 0 aromatic heterocycles. The van der Waals surface area contributed by atoms with Gasteiger partial charge in [-0.05, 0) is 35.9 Å². The predicted molar refractivity (Wildman–Crippen MR) is 106 cm³/mol. The average molecular weight is 385 g/mol. The van der Waals surface area contributed by atoms with E-state index in [1.807, 2.05) is 0 Å². The van der Waals surface area contributed by atoms with Gasteiger partial charge in [0.05, 0.1) is 18.8 Å². The van der Waals surface area contributed by atoms with Crippen LogP contribution in [0.1, 0.15) is 73.6 Å². The van der Waals surface area contributed by atoms with Crippen molar-refractivity contribution in [3.63, 3.8) is 0 Å². The maximum Gasteiger partial charge on any atom is 0.200 e. The molecule has 4 nitrogen and oxygen atoms in total. The van der Waals surface area contributed by atoms with Crippen LogP contribution >= 0.6 is 0 Å². The van der Waals surface area contributed by atoms with Crippen molar-refractivity contribution >= 4 is 8.32 Å². The van der Waals surface area contributed by atoms with Crippen LogP contribution in [-0.4, -0.2) is 49.1 Å². The molecule has 4 fully saturated rings. The number of fused-ring (bicyclic) bond motifs is 1. The molecular weight excluding hydrogens is 344 g/mol. The predicted octanol–water partition coefficient (Wildman–Crippen LogP) is 3.84. The van der Waals surface area contributed by atoms with Crippen molar-refractivity contribution in [2.75, 3.05) is 13.2 Å². The van der Waals surface area contributed by atoms with Crippen molar-refractivity contribution in [3.05, 3.63) is 0 Å². The van der Waals surface area contributed by atoms with E-state index >= 15 is 0 Å². The van der Waals surface area contributed by atoms with Crippen molar-refractivity contribution in [1.29, 1.82) is 0 Å². The molecule has 5 atom stereocenters. The monoisotopic (exact) mass is 384 g/mol. The van der Waals surface area contributed by atoms with Gasteiger partial charge in [-0.2, -0.15) is 0 Å². The minimum Gasteiger partial charge on any atom is -0.415 e. The zero-order valence-electron chi connectivity index (χ0n) is 17.6. The first kappa shape index (κ1) is 20.8. The molecular formula is C21H40O4Si. The highest BCUT2D eigenvalue weighted by Gasteiger charge is 2.86. The van der Waals surface area contributed by atoms with Gasteiger partial charge in [0.25, 0.3) is 0 Å². The van der Waals surface area contributed by atoms with E-state index in [1.54, 1.807) is 0 Å². The molecule has 0 aromatic rings. The van der Waals surface area contributed by atoms with Gasteiger partial charge in [-0.1, -0.05) is 54.4 Å². The Kier molecular flexibility index (Phi) is 5.23. The molecule has 4 rings (SSSR count). The van der Waals surface area contributed by atoms with Gasteiger partial charge >= 0.3 is 0 Å². The molecule has 0 unspecified atom stereocenters. The average Bonchev–Trinajstić information content (AvgIpc) is 2.94. The normalized spacial score (nSPS) is 42.5. The third-order valence-electron chi connectivity index (χ3n) is 9.01. The lowest BCUT2D eigenvalue weighted by atomic mass is 9.36. The van der Waals surface area contributed by atoms with E-state index < -0.39 is 31.4 Å². The summed E-state index contributed by atoms with van der Waals surface area (Å²) in [4.78, 5) is 0. The third-order valence-corrected chi connectivity index (χ3v) is 15.1. The highest BCUT2D eigenvalue weighted by molar-refractivity contribution is 6.77. The van der Waals surface area contributed by atoms with E-state index in [4.69, 9.17) is 4.43 Å². The summed E-state index contributed by atoms with van der Waals surface area (Å²) in [6.45, 7) is 14.2. The summed E-state index contributed by atoms with van der Waals surface area (Å²) in [6, 6.07) is 0. The summed E-state index contributed by atoms with van der Waals surface area (Å²) in [5.41, 5.74) is 0.137. The summed E-state index contributed by atoms with van der Waals surface area (Å²) in [6.07, 6.45) is 3.37. The van der Waals surface area contributed by atoms with E-state index in [-0.39, 0.29) is 12.0 Å². The van der Waals surface area contributed by atoms with E-state index in [0.717, 1.165) is 25.7 Å². The molecule has 0 saturated heterocycles. The Morgan fingerprint density at radius 2 is 1.50 bits per heavy atom. The second-order valence-corrected chi connectivity index (χ2v) is 15.8. The number of hydrogen-bond donors (Lipinski definition) is 3. The largest absolute Gasteiger partial charge is 0.415 e. The Balaban J connectivity index is 1.94. The van der Waals surface area contributed by atoms with Crippen LogP contribution in [0.3, 0.4) is 0 Å². The fraction of sp³-hybridized carbons (Fsp3) is 1.00. The molecule has 5 heteroatoms. The van der Waals surface area contributed by atoms with Gasteiger partial charge in [0.15, 0.2) is 8.32 Å². The molecule has 0 radical (unpaired) electrons. The number of rotatable bonds is 7. The van der Waals surface area contributed by atoms with Crippen LogP contribution in [0.25, 0.3) is 0 Å². The zero-order chi connectivity index (χ0) is 19.5. The van der Waals surface area contributed by atoms with Crippen molar-refractivity contribution in [1.82, 2.24) is 0 Å². The minimum atomic E-state index is -2.05. The number of hydrogen-bond acceptors (Lipinski definition) is 4. The lowest BCUT2D eigenvalue weighted by molar-refractivity contribution is -0.312. The van der Waals surface area contributed by atoms with Gasteiger partial charge in [0, 0.05) is 22.9 Å². The maximum atomic E-state index is 11.2. The van der Waals surface area contributed by atoms with Crippen LogP contribution in [0.4, 0.5) is 0 Å². The SMILES string of the molecule is CC(C)[Si](OC[C@]12C[C@H](O)[C@@]3(CCCC[C@@]13CO)[C@@H]2O)(C(C)C)C(C)C. The number of aliphatic hydroxyl groups excluding tert-OH is 3. The Morgan fingerprint density at radius 3 is 2.00 bits per heavy atom. The van der Waals surface area contributed by atoms with Crippen molar-refractivity contribution in [3.8, 4) is 0 Å². The Morgan fingerprint density at radius 1 is 0.962 bits per heavy atom. The molecule has 4 saturated carbocycles. The maximum absolute atomic E-state index is 11.2. The molecule has 0 heterocycles. The lowest BCUT2D eigenvalue weighted by Crippen LogP contribution is -2.75. The standard InChI is InChI=1S/C21H40O4Si/c1-14(2)26(15(3)4,16(5)6)25-13-19-11-17(23)21(18(19)24)10-8-7-9-20(19,21)12-22/h14-18,22-24H,7-13H2,1-6H3/t17-,18+,19-,20+,21-/m0/s1. The zero-order valence-corrected chi connectivity index (χ0v) is 18.6. The van der Waals surface area contributed by atoms with E-state index in [9.17, 15) is 15.3 Å². The fourth-order valence-corrected chi connectivity index (χ4v) is 13.5. The summed E-state index contributed by atoms with van der Waals surface area (Å²) in [5.74, 6) is 0. The van der Waals surface area contributed by atoms with Crippen LogP contribution in [-0.2, 0) is 4.43 Å². The third kappa shape index (κ3) is 2.10. The molecule has 2 bridgehead atoms. The summed E-state index contributed by atoms with van der Waals surface area (Å²) < 4.78 is 6.89. The second kappa shape index (κ2) is 6.55. The van der Waals surface area contributed by atoms with Gasteiger partial charge in [0.1, 0.15) is 0 Å². The van der Waals surface area contributed by atoms with Gasteiger partial charge in [-0.3, -0.25) is 0 Å². The molecule has 26 heavy (non-hydrogen) atoms. The first-order chi connectivity index (χ1) is 12.1. The Bertz CT molecular complexity index is 514. The van der Waals surface area contributed by atoms with E-state index in [1.165, 1.54) is 0 Å². The first-order valence-electron chi connectivity index (χ1n) is 10.7. The van der Waals surface area contributed by atoms with Crippen LogP contribution in [0.2, 0.25) is 16.6 Å². The Hall–Kier alpha value is 0.0569. The Labute approximate surface area is 160 Å². The number of aliphatic hydroxyl groups is 3. The summed E-state index contributed by atoms with van der Waals surface area (Å²) >= 11 is 0. The van der Waals surface area contributed by atoms with Gasteiger partial charge in [-0.15, -0.1) is 0 Å². The van der Waals surface area contributed by atoms with Crippen LogP contribution in [0.15, 0.2) is 0 Å². The van der Waals surface area contributed by atoms with E-state index in [2.05, 4.69) is 41.5 Å². The molecule has 1 spiro atoms. The fourth-order valence-electron chi connectivity index (χ4n) is 8.02. The van der Waals surface area contributed by atoms with Crippen LogP contribution in [0, 0.1) is 16.2 Å². The van der Waals surface area contributed by atoms with Gasteiger partial charge < -0.3 is 19.7 Å². The first-order valence-corrected chi connectivity index (χ1v) is 12.8. The molecule has 4 aliphatic rings. The highest BCUT2D eigenvalue weighted by Crippen LogP contribution is 2.82. The smallest absolute Gasteiger partial charge is 0.200 e. The van der Waals surface area contributed by atoms with Crippen LogP contribution in [0.5, 0.6) is 0 Å². The van der Waals surface area contributed by atoms with E-state index in [0.29, 0.717) is 29.7 Å². The molecule has 4 aliphatic carbocycles. The van der Waals surface area contributed by atoms with Crippen molar-refractivity contribution < 1.29 is 19.7 Å². The van der Waals surface area contributed by atoms with Gasteiger partial charge in [-0.25, -0.2) is 0 Å². The topological polar surface area (TPSA) is 69.9 Å². The molecule has 0 aliphatic heterocycles. The molecule has 0 aromatic carbocycles. The lowest BCUT2D eigenvalue weighted by Gasteiger charge is -2.70. The van der Waals surface area contributed by atoms with Crippen molar-refractivity contribution in [2.24, 2.45) is 16.2 Å². The minimum absolute atomic E-state index is 0.0596.